The molecule has 4 heteroatoms. The van der Waals surface area contributed by atoms with Gasteiger partial charge in [-0.15, -0.1) is 0 Å². The molecule has 0 spiro atoms. The highest BCUT2D eigenvalue weighted by atomic mass is 19.1. The molecule has 2 aromatic rings. The molecule has 1 aromatic carbocycles. The first-order valence-electron chi connectivity index (χ1n) is 5.69. The van der Waals surface area contributed by atoms with Crippen LogP contribution < -0.4 is 5.32 Å². The summed E-state index contributed by atoms with van der Waals surface area (Å²) in [6.45, 7) is 1.08. The van der Waals surface area contributed by atoms with Gasteiger partial charge in [-0.3, -0.25) is 0 Å². The summed E-state index contributed by atoms with van der Waals surface area (Å²) in [4.78, 5) is 7.48. The smallest absolute Gasteiger partial charge is 0.151 e. The lowest BCUT2D eigenvalue weighted by Crippen LogP contribution is -2.24. The van der Waals surface area contributed by atoms with E-state index in [0.717, 1.165) is 24.3 Å². The van der Waals surface area contributed by atoms with E-state index in [9.17, 15) is 4.39 Å². The standard InChI is InChI=1S/C12H14FN3/c13-9-4-1-5-10-12(9)16-11(15-10)7-8-3-2-6-14-8/h1,4-5,8,14H,2-3,6-7H2,(H,15,16). The summed E-state index contributed by atoms with van der Waals surface area (Å²) >= 11 is 0. The zero-order valence-electron chi connectivity index (χ0n) is 8.96. The van der Waals surface area contributed by atoms with E-state index in [1.54, 1.807) is 6.07 Å². The number of halogens is 1. The van der Waals surface area contributed by atoms with Crippen LogP contribution in [0.15, 0.2) is 18.2 Å². The van der Waals surface area contributed by atoms with Gasteiger partial charge < -0.3 is 10.3 Å². The molecule has 0 aliphatic carbocycles. The number of nitrogens with zero attached hydrogens (tertiary/aromatic N) is 1. The monoisotopic (exact) mass is 219 g/mol. The predicted octanol–water partition coefficient (Wildman–Crippen LogP) is 2.00. The Hall–Kier alpha value is -1.42. The number of hydrogen-bond acceptors (Lipinski definition) is 2. The molecule has 0 bridgehead atoms. The van der Waals surface area contributed by atoms with Gasteiger partial charge in [0.05, 0.1) is 5.52 Å². The molecular weight excluding hydrogens is 205 g/mol. The van der Waals surface area contributed by atoms with Crippen LogP contribution in [0, 0.1) is 5.82 Å². The van der Waals surface area contributed by atoms with E-state index < -0.39 is 0 Å². The van der Waals surface area contributed by atoms with Crippen LogP contribution in [-0.2, 0) is 6.42 Å². The van der Waals surface area contributed by atoms with E-state index in [1.165, 1.54) is 18.9 Å². The van der Waals surface area contributed by atoms with Crippen molar-refractivity contribution in [2.24, 2.45) is 0 Å². The number of nitrogens with one attached hydrogen (secondary N) is 2. The Morgan fingerprint density at radius 1 is 1.44 bits per heavy atom. The largest absolute Gasteiger partial charge is 0.342 e. The maximum absolute atomic E-state index is 13.4. The van der Waals surface area contributed by atoms with Crippen LogP contribution >= 0.6 is 0 Å². The van der Waals surface area contributed by atoms with Crippen molar-refractivity contribution in [1.82, 2.24) is 15.3 Å². The van der Waals surface area contributed by atoms with Gasteiger partial charge in [-0.2, -0.15) is 0 Å². The van der Waals surface area contributed by atoms with Crippen LogP contribution in [-0.4, -0.2) is 22.6 Å². The van der Waals surface area contributed by atoms with Crippen LogP contribution in [0.5, 0.6) is 0 Å². The first-order chi connectivity index (χ1) is 7.83. The average molecular weight is 219 g/mol. The molecule has 0 radical (unpaired) electrons. The molecule has 1 aliphatic heterocycles. The molecule has 1 fully saturated rings. The number of H-pyrrole nitrogens is 1. The van der Waals surface area contributed by atoms with Crippen molar-refractivity contribution >= 4 is 11.0 Å². The molecule has 1 aromatic heterocycles. The van der Waals surface area contributed by atoms with Crippen molar-refractivity contribution in [2.45, 2.75) is 25.3 Å². The minimum atomic E-state index is -0.251. The minimum Gasteiger partial charge on any atom is -0.342 e. The van der Waals surface area contributed by atoms with Crippen molar-refractivity contribution in [2.75, 3.05) is 6.54 Å². The molecule has 1 unspecified atom stereocenters. The quantitative estimate of drug-likeness (QED) is 0.811. The van der Waals surface area contributed by atoms with Crippen LogP contribution in [0.4, 0.5) is 4.39 Å². The highest BCUT2D eigenvalue weighted by molar-refractivity contribution is 5.75. The Balaban J connectivity index is 1.90. The predicted molar refractivity (Wildman–Crippen MR) is 60.8 cm³/mol. The molecule has 2 N–H and O–H groups in total. The van der Waals surface area contributed by atoms with Crippen LogP contribution in [0.2, 0.25) is 0 Å². The van der Waals surface area contributed by atoms with E-state index in [2.05, 4.69) is 15.3 Å². The highest BCUT2D eigenvalue weighted by Gasteiger charge is 2.16. The van der Waals surface area contributed by atoms with Gasteiger partial charge >= 0.3 is 0 Å². The zero-order chi connectivity index (χ0) is 11.0. The van der Waals surface area contributed by atoms with Gasteiger partial charge in [0.25, 0.3) is 0 Å². The van der Waals surface area contributed by atoms with Crippen molar-refractivity contribution in [1.29, 1.82) is 0 Å². The number of hydrogen-bond donors (Lipinski definition) is 2. The van der Waals surface area contributed by atoms with Gasteiger partial charge in [0.15, 0.2) is 5.82 Å². The number of para-hydroxylation sites is 1. The van der Waals surface area contributed by atoms with Crippen LogP contribution in [0.3, 0.4) is 0 Å². The Morgan fingerprint density at radius 2 is 2.38 bits per heavy atom. The fraction of sp³-hybridized carbons (Fsp3) is 0.417. The number of rotatable bonds is 2. The molecule has 0 saturated carbocycles. The molecule has 0 amide bonds. The topological polar surface area (TPSA) is 40.7 Å². The van der Waals surface area contributed by atoms with E-state index in [1.807, 2.05) is 6.07 Å². The van der Waals surface area contributed by atoms with Gasteiger partial charge in [0.1, 0.15) is 11.3 Å². The zero-order valence-corrected chi connectivity index (χ0v) is 8.96. The molecule has 1 saturated heterocycles. The molecule has 84 valence electrons. The van der Waals surface area contributed by atoms with E-state index >= 15 is 0 Å². The number of aromatic nitrogens is 2. The first-order valence-corrected chi connectivity index (χ1v) is 5.69. The summed E-state index contributed by atoms with van der Waals surface area (Å²) in [5, 5.41) is 3.41. The van der Waals surface area contributed by atoms with E-state index in [4.69, 9.17) is 0 Å². The lowest BCUT2D eigenvalue weighted by Gasteiger charge is -2.06. The fourth-order valence-electron chi connectivity index (χ4n) is 2.31. The van der Waals surface area contributed by atoms with Gasteiger partial charge in [0.2, 0.25) is 0 Å². The molecular formula is C12H14FN3. The fourth-order valence-corrected chi connectivity index (χ4v) is 2.31. The summed E-state index contributed by atoms with van der Waals surface area (Å²) in [5.41, 5.74) is 1.24. The van der Waals surface area contributed by atoms with E-state index in [-0.39, 0.29) is 5.82 Å². The lowest BCUT2D eigenvalue weighted by atomic mass is 10.1. The number of benzene rings is 1. The average Bonchev–Trinajstić information content (AvgIpc) is 2.88. The minimum absolute atomic E-state index is 0.251. The molecule has 16 heavy (non-hydrogen) atoms. The maximum Gasteiger partial charge on any atom is 0.151 e. The number of fused-ring (bicyclic) bond motifs is 1. The van der Waals surface area contributed by atoms with Crippen molar-refractivity contribution in [3.05, 3.63) is 29.8 Å². The van der Waals surface area contributed by atoms with E-state index in [0.29, 0.717) is 11.6 Å². The second kappa shape index (κ2) is 3.87. The van der Waals surface area contributed by atoms with Crippen LogP contribution in [0.25, 0.3) is 11.0 Å². The third kappa shape index (κ3) is 1.69. The van der Waals surface area contributed by atoms with Gasteiger partial charge in [-0.1, -0.05) is 6.07 Å². The van der Waals surface area contributed by atoms with Gasteiger partial charge in [-0.25, -0.2) is 9.37 Å². The highest BCUT2D eigenvalue weighted by Crippen LogP contribution is 2.17. The molecule has 3 nitrogen and oxygen atoms in total. The third-order valence-electron chi connectivity index (χ3n) is 3.11. The Kier molecular flexibility index (Phi) is 2.36. The number of aromatic amines is 1. The summed E-state index contributed by atoms with van der Waals surface area (Å²) in [5.74, 6) is 0.624. The normalized spacial score (nSPS) is 20.7. The molecule has 1 aliphatic rings. The summed E-state index contributed by atoms with van der Waals surface area (Å²) in [6.07, 6.45) is 3.26. The maximum atomic E-state index is 13.4. The summed E-state index contributed by atoms with van der Waals surface area (Å²) < 4.78 is 13.4. The summed E-state index contributed by atoms with van der Waals surface area (Å²) in [6, 6.07) is 5.49. The van der Waals surface area contributed by atoms with Crippen molar-refractivity contribution in [3.63, 3.8) is 0 Å². The Labute approximate surface area is 93.1 Å². The van der Waals surface area contributed by atoms with Gasteiger partial charge in [0, 0.05) is 12.5 Å². The van der Waals surface area contributed by atoms with Crippen molar-refractivity contribution < 1.29 is 4.39 Å². The van der Waals surface area contributed by atoms with Crippen molar-refractivity contribution in [3.8, 4) is 0 Å². The van der Waals surface area contributed by atoms with Gasteiger partial charge in [-0.05, 0) is 31.5 Å². The van der Waals surface area contributed by atoms with Crippen LogP contribution in [0.1, 0.15) is 18.7 Å². The summed E-state index contributed by atoms with van der Waals surface area (Å²) in [7, 11) is 0. The molecule has 1 atom stereocenters. The Bertz CT molecular complexity index is 500. The first kappa shape index (κ1) is 9.78. The third-order valence-corrected chi connectivity index (χ3v) is 3.11. The Morgan fingerprint density at radius 3 is 3.12 bits per heavy atom. The second-order valence-corrected chi connectivity index (χ2v) is 4.32. The molecule has 3 rings (SSSR count). The second-order valence-electron chi connectivity index (χ2n) is 4.32. The molecule has 2 heterocycles. The SMILES string of the molecule is Fc1cccc2[nH]c(CC3CCCN3)nc12. The lowest BCUT2D eigenvalue weighted by molar-refractivity contribution is 0.588. The number of imidazole rings is 1.